The Morgan fingerprint density at radius 3 is 2.79 bits per heavy atom. The van der Waals surface area contributed by atoms with Gasteiger partial charge in [-0.15, -0.1) is 0 Å². The van der Waals surface area contributed by atoms with Crippen LogP contribution in [-0.2, 0) is 0 Å². The van der Waals surface area contributed by atoms with E-state index in [4.69, 9.17) is 11.0 Å². The highest BCUT2D eigenvalue weighted by atomic mass is 14.9. The molecule has 0 spiro atoms. The number of nitrogens with two attached hydrogens (primary N) is 1. The summed E-state index contributed by atoms with van der Waals surface area (Å²) < 4.78 is 0. The molecule has 1 aromatic carbocycles. The van der Waals surface area contributed by atoms with Crippen LogP contribution < -0.4 is 11.1 Å². The summed E-state index contributed by atoms with van der Waals surface area (Å²) in [5.41, 5.74) is 7.56. The number of nitrogen functional groups attached to an aromatic ring is 1. The van der Waals surface area contributed by atoms with E-state index in [0.717, 1.165) is 12.2 Å². The lowest BCUT2D eigenvalue weighted by molar-refractivity contribution is 0.689. The van der Waals surface area contributed by atoms with Crippen molar-refractivity contribution in [2.75, 3.05) is 17.6 Å². The maximum absolute atomic E-state index is 8.89. The van der Waals surface area contributed by atoms with Gasteiger partial charge in [0.05, 0.1) is 16.9 Å². The molecular weight excluding hydrogens is 174 g/mol. The summed E-state index contributed by atoms with van der Waals surface area (Å²) in [6.07, 6.45) is 0. The van der Waals surface area contributed by atoms with Crippen LogP contribution in [-0.4, -0.2) is 6.54 Å². The summed E-state index contributed by atoms with van der Waals surface area (Å²) in [6, 6.07) is 7.55. The van der Waals surface area contributed by atoms with Crippen molar-refractivity contribution in [3.63, 3.8) is 0 Å². The van der Waals surface area contributed by atoms with Crippen LogP contribution in [0.1, 0.15) is 19.4 Å². The maximum atomic E-state index is 8.89. The molecular formula is C11H15N3. The van der Waals surface area contributed by atoms with Crippen molar-refractivity contribution in [1.82, 2.24) is 0 Å². The van der Waals surface area contributed by atoms with Crippen LogP contribution in [0.3, 0.4) is 0 Å². The molecule has 74 valence electrons. The Balaban J connectivity index is 2.87. The Kier molecular flexibility index (Phi) is 3.35. The van der Waals surface area contributed by atoms with E-state index in [2.05, 4.69) is 25.2 Å². The first-order valence-corrected chi connectivity index (χ1v) is 4.67. The Morgan fingerprint density at radius 1 is 1.50 bits per heavy atom. The molecule has 0 unspecified atom stereocenters. The Bertz CT molecular complexity index is 350. The highest BCUT2D eigenvalue weighted by molar-refractivity contribution is 5.69. The minimum absolute atomic E-state index is 0.529. The maximum Gasteiger partial charge on any atom is 0.103 e. The highest BCUT2D eigenvalue weighted by Crippen LogP contribution is 2.20. The smallest absolute Gasteiger partial charge is 0.103 e. The summed E-state index contributed by atoms with van der Waals surface area (Å²) in [6.45, 7) is 5.08. The first kappa shape index (κ1) is 10.4. The molecule has 0 aliphatic heterocycles. The molecule has 0 amide bonds. The number of nitrogens with one attached hydrogen (secondary N) is 1. The van der Waals surface area contributed by atoms with Crippen LogP contribution in [0.2, 0.25) is 0 Å². The van der Waals surface area contributed by atoms with Crippen LogP contribution in [0.4, 0.5) is 11.4 Å². The first-order chi connectivity index (χ1) is 6.65. The van der Waals surface area contributed by atoms with Crippen molar-refractivity contribution in [2.24, 2.45) is 5.92 Å². The van der Waals surface area contributed by atoms with Crippen molar-refractivity contribution < 1.29 is 0 Å². The predicted molar refractivity (Wildman–Crippen MR) is 58.9 cm³/mol. The SMILES string of the molecule is CC(C)CNc1cccc(N)c1C#N. The van der Waals surface area contributed by atoms with Crippen LogP contribution in [0, 0.1) is 17.2 Å². The number of nitriles is 1. The van der Waals surface area contributed by atoms with Crippen LogP contribution in [0.25, 0.3) is 0 Å². The topological polar surface area (TPSA) is 61.8 Å². The molecule has 0 radical (unpaired) electrons. The van der Waals surface area contributed by atoms with E-state index < -0.39 is 0 Å². The van der Waals surface area contributed by atoms with Gasteiger partial charge in [-0.3, -0.25) is 0 Å². The summed E-state index contributed by atoms with van der Waals surface area (Å²) >= 11 is 0. The van der Waals surface area contributed by atoms with Gasteiger partial charge >= 0.3 is 0 Å². The van der Waals surface area contributed by atoms with Crippen molar-refractivity contribution >= 4 is 11.4 Å². The third-order valence-electron chi connectivity index (χ3n) is 1.91. The molecule has 14 heavy (non-hydrogen) atoms. The van der Waals surface area contributed by atoms with E-state index in [1.165, 1.54) is 0 Å². The fraction of sp³-hybridized carbons (Fsp3) is 0.364. The van der Waals surface area contributed by atoms with Gasteiger partial charge in [-0.2, -0.15) is 5.26 Å². The van der Waals surface area contributed by atoms with Gasteiger partial charge in [0, 0.05) is 6.54 Å². The normalized spacial score (nSPS) is 9.86. The molecule has 0 bridgehead atoms. The first-order valence-electron chi connectivity index (χ1n) is 4.67. The van der Waals surface area contributed by atoms with E-state index in [0.29, 0.717) is 17.2 Å². The molecule has 3 N–H and O–H groups in total. The minimum atomic E-state index is 0.529. The number of benzene rings is 1. The van der Waals surface area contributed by atoms with E-state index >= 15 is 0 Å². The molecule has 0 heterocycles. The molecule has 0 aliphatic rings. The van der Waals surface area contributed by atoms with Crippen LogP contribution in [0.15, 0.2) is 18.2 Å². The lowest BCUT2D eigenvalue weighted by atomic mass is 10.1. The second-order valence-electron chi connectivity index (χ2n) is 3.66. The average Bonchev–Trinajstić information content (AvgIpc) is 2.14. The van der Waals surface area contributed by atoms with Gasteiger partial charge in [-0.05, 0) is 18.1 Å². The standard InChI is InChI=1S/C11H15N3/c1-8(2)7-14-11-5-3-4-10(13)9(11)6-12/h3-5,8,14H,7,13H2,1-2H3. The van der Waals surface area contributed by atoms with Gasteiger partial charge < -0.3 is 11.1 Å². The third-order valence-corrected chi connectivity index (χ3v) is 1.91. The van der Waals surface area contributed by atoms with E-state index in [1.807, 2.05) is 12.1 Å². The van der Waals surface area contributed by atoms with Gasteiger partial charge in [0.2, 0.25) is 0 Å². The predicted octanol–water partition coefficient (Wildman–Crippen LogP) is 2.21. The summed E-state index contributed by atoms with van der Waals surface area (Å²) in [5, 5.41) is 12.1. The van der Waals surface area contributed by atoms with Gasteiger partial charge in [0.15, 0.2) is 0 Å². The van der Waals surface area contributed by atoms with Crippen molar-refractivity contribution in [3.05, 3.63) is 23.8 Å². The highest BCUT2D eigenvalue weighted by Gasteiger charge is 2.04. The van der Waals surface area contributed by atoms with Crippen molar-refractivity contribution in [1.29, 1.82) is 5.26 Å². The third kappa shape index (κ3) is 2.40. The van der Waals surface area contributed by atoms with Crippen molar-refractivity contribution in [3.8, 4) is 6.07 Å². The van der Waals surface area contributed by atoms with E-state index in [1.54, 1.807) is 6.07 Å². The van der Waals surface area contributed by atoms with E-state index in [-0.39, 0.29) is 0 Å². The molecule has 0 atom stereocenters. The zero-order chi connectivity index (χ0) is 10.6. The minimum Gasteiger partial charge on any atom is -0.398 e. The lowest BCUT2D eigenvalue weighted by Gasteiger charge is -2.11. The molecule has 0 aliphatic carbocycles. The molecule has 3 heteroatoms. The van der Waals surface area contributed by atoms with E-state index in [9.17, 15) is 0 Å². The molecule has 0 aromatic heterocycles. The number of nitrogens with zero attached hydrogens (tertiary/aromatic N) is 1. The summed E-state index contributed by atoms with van der Waals surface area (Å²) in [7, 11) is 0. The van der Waals surface area contributed by atoms with Crippen molar-refractivity contribution in [2.45, 2.75) is 13.8 Å². The van der Waals surface area contributed by atoms with Gasteiger partial charge in [-0.1, -0.05) is 19.9 Å². The number of hydrogen-bond donors (Lipinski definition) is 2. The zero-order valence-electron chi connectivity index (χ0n) is 8.54. The fourth-order valence-electron chi connectivity index (χ4n) is 1.16. The lowest BCUT2D eigenvalue weighted by Crippen LogP contribution is -2.09. The monoisotopic (exact) mass is 189 g/mol. The Morgan fingerprint density at radius 2 is 2.21 bits per heavy atom. The number of rotatable bonds is 3. The average molecular weight is 189 g/mol. The summed E-state index contributed by atoms with van der Waals surface area (Å²) in [4.78, 5) is 0. The fourth-order valence-corrected chi connectivity index (χ4v) is 1.16. The molecule has 0 saturated carbocycles. The molecule has 3 nitrogen and oxygen atoms in total. The quantitative estimate of drug-likeness (QED) is 0.716. The van der Waals surface area contributed by atoms with Crippen LogP contribution >= 0.6 is 0 Å². The second-order valence-corrected chi connectivity index (χ2v) is 3.66. The Labute approximate surface area is 84.5 Å². The zero-order valence-corrected chi connectivity index (χ0v) is 8.54. The van der Waals surface area contributed by atoms with Gasteiger partial charge in [0.25, 0.3) is 0 Å². The second kappa shape index (κ2) is 4.52. The number of hydrogen-bond acceptors (Lipinski definition) is 3. The number of anilines is 2. The van der Waals surface area contributed by atoms with Gasteiger partial charge in [-0.25, -0.2) is 0 Å². The van der Waals surface area contributed by atoms with Crippen LogP contribution in [0.5, 0.6) is 0 Å². The molecule has 1 rings (SSSR count). The summed E-state index contributed by atoms with van der Waals surface area (Å²) in [5.74, 6) is 0.544. The Hall–Kier alpha value is -1.69. The van der Waals surface area contributed by atoms with Gasteiger partial charge in [0.1, 0.15) is 6.07 Å². The molecule has 0 fully saturated rings. The molecule has 1 aromatic rings. The molecule has 0 saturated heterocycles. The largest absolute Gasteiger partial charge is 0.398 e.